The second-order valence-corrected chi connectivity index (χ2v) is 4.36. The van der Waals surface area contributed by atoms with Gasteiger partial charge in [0.25, 0.3) is 0 Å². The number of aromatic nitrogens is 2. The van der Waals surface area contributed by atoms with Crippen molar-refractivity contribution in [3.05, 3.63) is 32.2 Å². The normalized spacial score (nSPS) is 10.9. The number of pyridine rings is 1. The molecule has 2 aromatic rings. The average Bonchev–Trinajstić information content (AvgIpc) is 2.29. The Morgan fingerprint density at radius 1 is 1.50 bits per heavy atom. The fourth-order valence-corrected chi connectivity index (χ4v) is 2.60. The van der Waals surface area contributed by atoms with Gasteiger partial charge in [-0.1, -0.05) is 6.07 Å². The predicted octanol–water partition coefficient (Wildman–Crippen LogP) is 3.01. The van der Waals surface area contributed by atoms with Gasteiger partial charge in [0.05, 0.1) is 10.3 Å². The van der Waals surface area contributed by atoms with Gasteiger partial charge < -0.3 is 0 Å². The highest BCUT2D eigenvalue weighted by atomic mass is 127. The molecule has 12 heavy (non-hydrogen) atoms. The molecule has 0 bridgehead atoms. The Bertz CT molecular complexity index is 436. The lowest BCUT2D eigenvalue weighted by Crippen LogP contribution is -1.88. The fraction of sp³-hybridized carbons (Fsp3) is 0.125. The van der Waals surface area contributed by atoms with E-state index in [4.69, 9.17) is 0 Å². The highest BCUT2D eigenvalue weighted by molar-refractivity contribution is 14.1. The van der Waals surface area contributed by atoms with Crippen molar-refractivity contribution < 1.29 is 0 Å². The van der Waals surface area contributed by atoms with Gasteiger partial charge in [-0.2, -0.15) is 0 Å². The lowest BCUT2D eigenvalue weighted by molar-refractivity contribution is 1.10. The minimum absolute atomic E-state index is 0.992. The van der Waals surface area contributed by atoms with Gasteiger partial charge in [-0.05, 0) is 57.6 Å². The summed E-state index contributed by atoms with van der Waals surface area (Å²) in [5, 5.41) is 0. The Labute approximate surface area is 92.3 Å². The summed E-state index contributed by atoms with van der Waals surface area (Å²) in [7, 11) is 0. The van der Waals surface area contributed by atoms with Gasteiger partial charge >= 0.3 is 0 Å². The molecule has 0 atom stereocenters. The van der Waals surface area contributed by atoms with Crippen LogP contribution in [0.25, 0.3) is 5.65 Å². The summed E-state index contributed by atoms with van der Waals surface area (Å²) in [5.74, 6) is 0. The first-order valence-electron chi connectivity index (χ1n) is 3.49. The first kappa shape index (κ1) is 8.50. The van der Waals surface area contributed by atoms with Crippen molar-refractivity contribution in [2.75, 3.05) is 0 Å². The minimum Gasteiger partial charge on any atom is -0.281 e. The topological polar surface area (TPSA) is 17.3 Å². The summed E-state index contributed by atoms with van der Waals surface area (Å²) in [6.07, 6.45) is 0. The maximum atomic E-state index is 4.40. The van der Waals surface area contributed by atoms with E-state index in [0.717, 1.165) is 19.6 Å². The van der Waals surface area contributed by atoms with Gasteiger partial charge in [0.1, 0.15) is 9.35 Å². The molecule has 0 spiro atoms. The number of fused-ring (bicyclic) bond motifs is 1. The maximum absolute atomic E-state index is 4.40. The van der Waals surface area contributed by atoms with Crippen molar-refractivity contribution in [1.29, 1.82) is 0 Å². The van der Waals surface area contributed by atoms with Gasteiger partial charge in [0, 0.05) is 0 Å². The zero-order valence-electron chi connectivity index (χ0n) is 6.38. The molecule has 0 N–H and O–H groups in total. The molecule has 0 saturated heterocycles. The number of hydrogen-bond donors (Lipinski definition) is 0. The molecule has 0 unspecified atom stereocenters. The summed E-state index contributed by atoms with van der Waals surface area (Å²) >= 11 is 5.77. The quantitative estimate of drug-likeness (QED) is 0.534. The third kappa shape index (κ3) is 1.17. The summed E-state index contributed by atoms with van der Waals surface area (Å²) in [6.45, 7) is 2.02. The van der Waals surface area contributed by atoms with E-state index in [9.17, 15) is 0 Å². The molecule has 2 heterocycles. The molecule has 0 radical (unpaired) electrons. The predicted molar refractivity (Wildman–Crippen MR) is 60.3 cm³/mol. The van der Waals surface area contributed by atoms with Crippen molar-refractivity contribution >= 4 is 44.2 Å². The zero-order valence-corrected chi connectivity index (χ0v) is 10.1. The van der Waals surface area contributed by atoms with Crippen molar-refractivity contribution in [2.45, 2.75) is 6.92 Å². The van der Waals surface area contributed by atoms with Gasteiger partial charge in [0.15, 0.2) is 0 Å². The number of rotatable bonds is 0. The Hall–Kier alpha value is -0.100. The molecule has 0 aliphatic rings. The molecule has 0 aliphatic heterocycles. The first-order chi connectivity index (χ1) is 5.70. The van der Waals surface area contributed by atoms with Crippen LogP contribution in [0.4, 0.5) is 0 Å². The van der Waals surface area contributed by atoms with Crippen LogP contribution in [0.3, 0.4) is 0 Å². The van der Waals surface area contributed by atoms with Crippen molar-refractivity contribution in [2.24, 2.45) is 0 Å². The Balaban J connectivity index is 2.97. The number of nitrogens with zero attached hydrogens (tertiary/aromatic N) is 2. The lowest BCUT2D eigenvalue weighted by Gasteiger charge is -1.97. The molecule has 0 aliphatic carbocycles. The molecule has 0 aromatic carbocycles. The molecule has 2 nitrogen and oxygen atoms in total. The average molecular weight is 337 g/mol. The van der Waals surface area contributed by atoms with Gasteiger partial charge in [-0.3, -0.25) is 4.40 Å². The van der Waals surface area contributed by atoms with Crippen LogP contribution in [0.2, 0.25) is 0 Å². The van der Waals surface area contributed by atoms with E-state index in [1.165, 1.54) is 0 Å². The van der Waals surface area contributed by atoms with Crippen molar-refractivity contribution in [3.8, 4) is 0 Å². The van der Waals surface area contributed by atoms with E-state index in [-0.39, 0.29) is 0 Å². The molecule has 2 rings (SSSR count). The third-order valence-corrected chi connectivity index (χ3v) is 3.58. The molecule has 4 heteroatoms. The minimum atomic E-state index is 0.992. The molecule has 0 saturated carbocycles. The summed E-state index contributed by atoms with van der Waals surface area (Å²) in [6, 6.07) is 6.00. The van der Waals surface area contributed by atoms with E-state index in [1.54, 1.807) is 0 Å². The molecule has 2 aromatic heterocycles. The number of hydrogen-bond acceptors (Lipinski definition) is 1. The second-order valence-electron chi connectivity index (χ2n) is 2.53. The molecule has 62 valence electrons. The third-order valence-electron chi connectivity index (χ3n) is 1.70. The second kappa shape index (κ2) is 2.99. The SMILES string of the molecule is Cc1nc2cccc(Br)n2c1I. The van der Waals surface area contributed by atoms with E-state index in [2.05, 4.69) is 47.9 Å². The highest BCUT2D eigenvalue weighted by Crippen LogP contribution is 2.19. The highest BCUT2D eigenvalue weighted by Gasteiger charge is 2.06. The van der Waals surface area contributed by atoms with Crippen LogP contribution in [0.1, 0.15) is 5.69 Å². The van der Waals surface area contributed by atoms with Crippen LogP contribution in [-0.4, -0.2) is 9.38 Å². The Morgan fingerprint density at radius 3 is 2.92 bits per heavy atom. The molecular formula is C8H6BrIN2. The fourth-order valence-electron chi connectivity index (χ4n) is 1.13. The van der Waals surface area contributed by atoms with Crippen LogP contribution < -0.4 is 0 Å². The van der Waals surface area contributed by atoms with E-state index in [1.807, 2.05) is 25.1 Å². The van der Waals surface area contributed by atoms with E-state index in [0.29, 0.717) is 0 Å². The largest absolute Gasteiger partial charge is 0.281 e. The number of halogens is 2. The standard InChI is InChI=1S/C8H6BrIN2/c1-5-8(10)12-6(9)3-2-4-7(12)11-5/h2-4H,1H3. The Morgan fingerprint density at radius 2 is 2.25 bits per heavy atom. The van der Waals surface area contributed by atoms with Crippen molar-refractivity contribution in [1.82, 2.24) is 9.38 Å². The summed E-state index contributed by atoms with van der Waals surface area (Å²) in [4.78, 5) is 4.40. The Kier molecular flexibility index (Phi) is 2.12. The number of imidazole rings is 1. The van der Waals surface area contributed by atoms with Gasteiger partial charge in [-0.15, -0.1) is 0 Å². The molecule has 0 amide bonds. The first-order valence-corrected chi connectivity index (χ1v) is 5.36. The van der Waals surface area contributed by atoms with Crippen LogP contribution in [-0.2, 0) is 0 Å². The summed E-state index contributed by atoms with van der Waals surface area (Å²) in [5.41, 5.74) is 2.06. The smallest absolute Gasteiger partial charge is 0.138 e. The zero-order chi connectivity index (χ0) is 8.72. The maximum Gasteiger partial charge on any atom is 0.138 e. The number of aryl methyl sites for hydroxylation is 1. The van der Waals surface area contributed by atoms with Gasteiger partial charge in [0.2, 0.25) is 0 Å². The monoisotopic (exact) mass is 336 g/mol. The van der Waals surface area contributed by atoms with Crippen LogP contribution in [0.15, 0.2) is 22.8 Å². The van der Waals surface area contributed by atoms with E-state index >= 15 is 0 Å². The van der Waals surface area contributed by atoms with Crippen LogP contribution >= 0.6 is 38.5 Å². The molecule has 0 fully saturated rings. The lowest BCUT2D eigenvalue weighted by atomic mass is 10.5. The van der Waals surface area contributed by atoms with Gasteiger partial charge in [-0.25, -0.2) is 4.98 Å². The molecular weight excluding hydrogens is 331 g/mol. The van der Waals surface area contributed by atoms with E-state index < -0.39 is 0 Å². The van der Waals surface area contributed by atoms with Crippen LogP contribution in [0, 0.1) is 10.6 Å². The van der Waals surface area contributed by atoms with Crippen LogP contribution in [0.5, 0.6) is 0 Å². The van der Waals surface area contributed by atoms with Crippen molar-refractivity contribution in [3.63, 3.8) is 0 Å². The summed E-state index contributed by atoms with van der Waals surface area (Å²) < 4.78 is 4.29.